The van der Waals surface area contributed by atoms with Crippen LogP contribution in [0.1, 0.15) is 5.56 Å². The summed E-state index contributed by atoms with van der Waals surface area (Å²) in [5.74, 6) is -1.68. The Labute approximate surface area is 177 Å². The zero-order valence-electron chi connectivity index (χ0n) is 15.4. The van der Waals surface area contributed by atoms with E-state index in [1.54, 1.807) is 4.90 Å². The summed E-state index contributed by atoms with van der Waals surface area (Å²) < 4.78 is 29.3. The first-order valence-electron chi connectivity index (χ1n) is 8.78. The molecule has 1 aliphatic rings. The number of anilines is 2. The Morgan fingerprint density at radius 3 is 2.38 bits per heavy atom. The van der Waals surface area contributed by atoms with Crippen LogP contribution in [0.5, 0.6) is 0 Å². The van der Waals surface area contributed by atoms with Gasteiger partial charge < -0.3 is 21.3 Å². The molecule has 1 heterocycles. The molecule has 0 bridgehead atoms. The van der Waals surface area contributed by atoms with E-state index in [-0.39, 0.29) is 39.0 Å². The molecule has 29 heavy (non-hydrogen) atoms. The number of hydrogen-bond acceptors (Lipinski definition) is 4. The van der Waals surface area contributed by atoms with E-state index < -0.39 is 11.6 Å². The lowest BCUT2D eigenvalue weighted by molar-refractivity contribution is -0.127. The standard InChI is InChI=1S/C20H19ClF2N4OS/c1-2-16(28)26-5-7-27(8-6-26)20(29)13-10-14(21)17(18(23)19(13)25)12-9-11(24)3-4-15(12)22/h2-4,9-10H,1,5-8,24-25H2. The third-order valence-electron chi connectivity index (χ3n) is 4.80. The zero-order valence-corrected chi connectivity index (χ0v) is 17.0. The van der Waals surface area contributed by atoms with E-state index in [2.05, 4.69) is 6.58 Å². The second-order valence-electron chi connectivity index (χ2n) is 6.57. The zero-order chi connectivity index (χ0) is 21.3. The summed E-state index contributed by atoms with van der Waals surface area (Å²) in [6.07, 6.45) is 1.26. The van der Waals surface area contributed by atoms with E-state index in [0.29, 0.717) is 31.2 Å². The Hall–Kier alpha value is -2.71. The second kappa shape index (κ2) is 8.34. The average molecular weight is 437 g/mol. The normalized spacial score (nSPS) is 14.0. The molecule has 0 radical (unpaired) electrons. The van der Waals surface area contributed by atoms with Gasteiger partial charge in [0.1, 0.15) is 10.8 Å². The van der Waals surface area contributed by atoms with Crippen molar-refractivity contribution >= 4 is 46.1 Å². The predicted octanol–water partition coefficient (Wildman–Crippen LogP) is 3.46. The lowest BCUT2D eigenvalue weighted by atomic mass is 9.99. The van der Waals surface area contributed by atoms with Crippen molar-refractivity contribution in [2.75, 3.05) is 37.6 Å². The Kier molecular flexibility index (Phi) is 6.04. The van der Waals surface area contributed by atoms with Crippen LogP contribution in [-0.2, 0) is 4.79 Å². The summed E-state index contributed by atoms with van der Waals surface area (Å²) in [5.41, 5.74) is 11.8. The molecule has 1 fully saturated rings. The summed E-state index contributed by atoms with van der Waals surface area (Å²) in [6, 6.07) is 5.24. The molecule has 0 aromatic heterocycles. The fourth-order valence-corrected chi connectivity index (χ4v) is 3.87. The Morgan fingerprint density at radius 1 is 1.14 bits per heavy atom. The van der Waals surface area contributed by atoms with Crippen molar-refractivity contribution in [3.05, 3.63) is 59.1 Å². The predicted molar refractivity (Wildman–Crippen MR) is 116 cm³/mol. The van der Waals surface area contributed by atoms with Gasteiger partial charge in [-0.3, -0.25) is 4.79 Å². The monoisotopic (exact) mass is 436 g/mol. The van der Waals surface area contributed by atoms with Gasteiger partial charge in [0.15, 0.2) is 5.82 Å². The van der Waals surface area contributed by atoms with Gasteiger partial charge in [0.25, 0.3) is 0 Å². The molecule has 0 aliphatic carbocycles. The van der Waals surface area contributed by atoms with Gasteiger partial charge >= 0.3 is 0 Å². The number of rotatable bonds is 3. The summed E-state index contributed by atoms with van der Waals surface area (Å²) in [4.78, 5) is 15.5. The highest BCUT2D eigenvalue weighted by Crippen LogP contribution is 2.38. The maximum Gasteiger partial charge on any atom is 0.246 e. The van der Waals surface area contributed by atoms with E-state index in [1.165, 1.54) is 24.3 Å². The minimum Gasteiger partial charge on any atom is -0.399 e. The summed E-state index contributed by atoms with van der Waals surface area (Å²) in [6.45, 7) is 5.30. The number of carbonyl (C=O) groups excluding carboxylic acids is 1. The molecule has 0 unspecified atom stereocenters. The minimum absolute atomic E-state index is 0.0287. The highest BCUT2D eigenvalue weighted by molar-refractivity contribution is 7.80. The van der Waals surface area contributed by atoms with Crippen molar-refractivity contribution in [1.29, 1.82) is 0 Å². The van der Waals surface area contributed by atoms with Crippen LogP contribution in [0, 0.1) is 11.6 Å². The molecule has 1 amide bonds. The number of halogens is 3. The molecule has 5 nitrogen and oxygen atoms in total. The number of amides is 1. The number of piperazine rings is 1. The van der Waals surface area contributed by atoms with Crippen molar-refractivity contribution in [3.8, 4) is 11.1 Å². The van der Waals surface area contributed by atoms with Crippen molar-refractivity contribution in [2.24, 2.45) is 0 Å². The Morgan fingerprint density at radius 2 is 1.76 bits per heavy atom. The molecule has 3 rings (SSSR count). The third-order valence-corrected chi connectivity index (χ3v) is 5.58. The smallest absolute Gasteiger partial charge is 0.246 e. The molecular formula is C20H19ClF2N4OS. The van der Waals surface area contributed by atoms with E-state index >= 15 is 4.39 Å². The molecule has 9 heteroatoms. The first kappa shape index (κ1) is 21.0. The van der Waals surface area contributed by atoms with E-state index in [4.69, 9.17) is 35.3 Å². The molecule has 1 aliphatic heterocycles. The molecule has 2 aromatic carbocycles. The molecule has 1 saturated heterocycles. The van der Waals surface area contributed by atoms with Gasteiger partial charge in [-0.2, -0.15) is 0 Å². The molecule has 2 aromatic rings. The van der Waals surface area contributed by atoms with Crippen LogP contribution in [0.25, 0.3) is 11.1 Å². The van der Waals surface area contributed by atoms with Crippen molar-refractivity contribution in [2.45, 2.75) is 0 Å². The van der Waals surface area contributed by atoms with Gasteiger partial charge in [-0.25, -0.2) is 8.78 Å². The van der Waals surface area contributed by atoms with E-state index in [1.807, 2.05) is 4.90 Å². The van der Waals surface area contributed by atoms with Gasteiger partial charge in [0.2, 0.25) is 5.91 Å². The number of nitrogens with zero attached hydrogens (tertiary/aromatic N) is 2. The van der Waals surface area contributed by atoms with Crippen LogP contribution in [-0.4, -0.2) is 46.9 Å². The van der Waals surface area contributed by atoms with Crippen molar-refractivity contribution < 1.29 is 13.6 Å². The van der Waals surface area contributed by atoms with Gasteiger partial charge in [-0.15, -0.1) is 0 Å². The number of benzene rings is 2. The maximum atomic E-state index is 15.1. The van der Waals surface area contributed by atoms with Crippen molar-refractivity contribution in [1.82, 2.24) is 9.80 Å². The van der Waals surface area contributed by atoms with Gasteiger partial charge in [-0.1, -0.05) is 30.4 Å². The van der Waals surface area contributed by atoms with Crippen LogP contribution < -0.4 is 11.5 Å². The van der Waals surface area contributed by atoms with Crippen molar-refractivity contribution in [3.63, 3.8) is 0 Å². The molecular weight excluding hydrogens is 418 g/mol. The number of nitrogen functional groups attached to an aromatic ring is 2. The van der Waals surface area contributed by atoms with E-state index in [0.717, 1.165) is 6.07 Å². The fraction of sp³-hybridized carbons (Fsp3) is 0.200. The topological polar surface area (TPSA) is 75.6 Å². The molecule has 0 spiro atoms. The fourth-order valence-electron chi connectivity index (χ4n) is 3.22. The first-order valence-corrected chi connectivity index (χ1v) is 9.56. The molecule has 0 atom stereocenters. The third kappa shape index (κ3) is 4.04. The molecule has 4 N–H and O–H groups in total. The molecule has 152 valence electrons. The van der Waals surface area contributed by atoms with E-state index in [9.17, 15) is 9.18 Å². The van der Waals surface area contributed by atoms with Crippen LogP contribution in [0.4, 0.5) is 20.2 Å². The van der Waals surface area contributed by atoms with Gasteiger partial charge in [0, 0.05) is 48.6 Å². The maximum absolute atomic E-state index is 15.1. The van der Waals surface area contributed by atoms with Crippen LogP contribution >= 0.6 is 23.8 Å². The van der Waals surface area contributed by atoms with Crippen LogP contribution in [0.15, 0.2) is 36.9 Å². The highest BCUT2D eigenvalue weighted by atomic mass is 35.5. The first-order chi connectivity index (χ1) is 13.7. The highest BCUT2D eigenvalue weighted by Gasteiger charge is 2.26. The van der Waals surface area contributed by atoms with Crippen LogP contribution in [0.3, 0.4) is 0 Å². The average Bonchev–Trinajstić information content (AvgIpc) is 2.72. The summed E-state index contributed by atoms with van der Waals surface area (Å²) >= 11 is 11.8. The van der Waals surface area contributed by atoms with Gasteiger partial charge in [-0.05, 0) is 30.3 Å². The quantitative estimate of drug-likeness (QED) is 0.438. The largest absolute Gasteiger partial charge is 0.399 e. The Balaban J connectivity index is 1.92. The Bertz CT molecular complexity index is 1010. The number of nitrogens with two attached hydrogens (primary N) is 2. The van der Waals surface area contributed by atoms with Gasteiger partial charge in [0.05, 0.1) is 10.7 Å². The summed E-state index contributed by atoms with van der Waals surface area (Å²) in [7, 11) is 0. The van der Waals surface area contributed by atoms with Crippen LogP contribution in [0.2, 0.25) is 5.02 Å². The second-order valence-corrected chi connectivity index (χ2v) is 7.36. The minimum atomic E-state index is -0.861. The number of thiocarbonyl (C=S) groups is 1. The number of carbonyl (C=O) groups is 1. The number of hydrogen-bond donors (Lipinski definition) is 2. The summed E-state index contributed by atoms with van der Waals surface area (Å²) in [5, 5.41) is -0.0287. The lowest BCUT2D eigenvalue weighted by Gasteiger charge is -2.36. The molecule has 0 saturated carbocycles. The SMILES string of the molecule is C=CC(=O)N1CCN(C(=S)c2cc(Cl)c(-c3cc(N)ccc3F)c(F)c2N)CC1. The lowest BCUT2D eigenvalue weighted by Crippen LogP contribution is -2.50.